The average molecular weight is 442 g/mol. The van der Waals surface area contributed by atoms with E-state index in [4.69, 9.17) is 0 Å². The smallest absolute Gasteiger partial charge is 0.303 e. The van der Waals surface area contributed by atoms with Crippen molar-refractivity contribution in [2.24, 2.45) is 0 Å². The van der Waals surface area contributed by atoms with Crippen LogP contribution in [0.2, 0.25) is 0 Å². The number of rotatable bonds is 7. The topological polar surface area (TPSA) is 69.7 Å². The minimum Gasteiger partial charge on any atom is -0.322 e. The van der Waals surface area contributed by atoms with Crippen LogP contribution in [0.25, 0.3) is 0 Å². The molecule has 6 nitrogen and oxygen atoms in total. The molecular weight excluding hydrogens is 417 g/mol. The van der Waals surface area contributed by atoms with Crippen LogP contribution in [0.1, 0.15) is 21.5 Å². The van der Waals surface area contributed by atoms with Gasteiger partial charge < -0.3 is 5.32 Å². The highest BCUT2D eigenvalue weighted by Crippen LogP contribution is 2.25. The molecule has 8 heteroatoms. The van der Waals surface area contributed by atoms with Crippen molar-refractivity contribution in [3.8, 4) is 0 Å². The Kier molecular flexibility index (Phi) is 6.72. The quantitative estimate of drug-likeness (QED) is 0.597. The number of anilines is 2. The van der Waals surface area contributed by atoms with Crippen LogP contribution < -0.4 is 9.62 Å². The molecular formula is C23H24FN3O3S. The van der Waals surface area contributed by atoms with Crippen LogP contribution in [0, 0.1) is 12.7 Å². The average Bonchev–Trinajstić information content (AvgIpc) is 2.73. The first kappa shape index (κ1) is 22.5. The molecule has 0 saturated heterocycles. The van der Waals surface area contributed by atoms with Crippen molar-refractivity contribution in [2.45, 2.75) is 13.5 Å². The van der Waals surface area contributed by atoms with Crippen LogP contribution >= 0.6 is 0 Å². The standard InChI is InChI=1S/C23H24FN3O3S/c1-17-7-6-8-20(15-17)25-23(28)19-13-11-18(12-14-19)16-27(31(29,30)26(2)3)22-10-5-4-9-21(22)24/h4-15H,16H2,1-3H3,(H,25,28). The third kappa shape index (κ3) is 5.28. The number of hydrogen-bond acceptors (Lipinski definition) is 3. The zero-order chi connectivity index (χ0) is 22.6. The molecule has 0 heterocycles. The fourth-order valence-electron chi connectivity index (χ4n) is 3.00. The summed E-state index contributed by atoms with van der Waals surface area (Å²) in [6.07, 6.45) is 0. The van der Waals surface area contributed by atoms with Crippen LogP contribution in [0.15, 0.2) is 72.8 Å². The summed E-state index contributed by atoms with van der Waals surface area (Å²) in [5.74, 6) is -0.911. The van der Waals surface area contributed by atoms with Crippen molar-refractivity contribution in [3.05, 3.63) is 95.3 Å². The lowest BCUT2D eigenvalue weighted by Gasteiger charge is -2.27. The number of halogens is 1. The molecule has 0 spiro atoms. The van der Waals surface area contributed by atoms with Crippen LogP contribution in [0.4, 0.5) is 15.8 Å². The van der Waals surface area contributed by atoms with E-state index in [2.05, 4.69) is 5.32 Å². The number of amides is 1. The molecule has 31 heavy (non-hydrogen) atoms. The fourth-order valence-corrected chi connectivity index (χ4v) is 4.10. The zero-order valence-electron chi connectivity index (χ0n) is 17.5. The third-order valence-electron chi connectivity index (χ3n) is 4.68. The molecule has 3 aromatic rings. The summed E-state index contributed by atoms with van der Waals surface area (Å²) in [5.41, 5.74) is 2.72. The minimum absolute atomic E-state index is 0.0440. The van der Waals surface area contributed by atoms with E-state index in [1.54, 1.807) is 36.4 Å². The van der Waals surface area contributed by atoms with Crippen molar-refractivity contribution in [1.29, 1.82) is 0 Å². The first-order valence-corrected chi connectivity index (χ1v) is 11.0. The summed E-state index contributed by atoms with van der Waals surface area (Å²) in [6, 6.07) is 19.7. The molecule has 0 radical (unpaired) electrons. The number of carbonyl (C=O) groups is 1. The van der Waals surface area contributed by atoms with Gasteiger partial charge in [-0.05, 0) is 54.4 Å². The van der Waals surface area contributed by atoms with Gasteiger partial charge in [0.2, 0.25) is 0 Å². The predicted octanol–water partition coefficient (Wildman–Crippen LogP) is 4.20. The summed E-state index contributed by atoms with van der Waals surface area (Å²) in [7, 11) is -1.16. The first-order valence-electron chi connectivity index (χ1n) is 9.60. The van der Waals surface area contributed by atoms with Gasteiger partial charge in [0, 0.05) is 25.3 Å². The number of hydrogen-bond donors (Lipinski definition) is 1. The van der Waals surface area contributed by atoms with Crippen molar-refractivity contribution >= 4 is 27.5 Å². The monoisotopic (exact) mass is 441 g/mol. The summed E-state index contributed by atoms with van der Waals surface area (Å²) < 4.78 is 42.0. The van der Waals surface area contributed by atoms with E-state index in [9.17, 15) is 17.6 Å². The largest absolute Gasteiger partial charge is 0.322 e. The molecule has 1 N–H and O–H groups in total. The Morgan fingerprint density at radius 2 is 1.65 bits per heavy atom. The lowest BCUT2D eigenvalue weighted by atomic mass is 10.1. The SMILES string of the molecule is Cc1cccc(NC(=O)c2ccc(CN(c3ccccc3F)S(=O)(=O)N(C)C)cc2)c1. The Bertz CT molecular complexity index is 1180. The highest BCUT2D eigenvalue weighted by Gasteiger charge is 2.27. The van der Waals surface area contributed by atoms with E-state index in [1.165, 1.54) is 32.3 Å². The Labute approximate surface area is 182 Å². The Morgan fingerprint density at radius 1 is 0.968 bits per heavy atom. The van der Waals surface area contributed by atoms with E-state index in [-0.39, 0.29) is 18.1 Å². The maximum Gasteiger partial charge on any atom is 0.303 e. The lowest BCUT2D eigenvalue weighted by molar-refractivity contribution is 0.102. The third-order valence-corrected chi connectivity index (χ3v) is 6.49. The highest BCUT2D eigenvalue weighted by molar-refractivity contribution is 7.90. The summed E-state index contributed by atoms with van der Waals surface area (Å²) in [6.45, 7) is 1.86. The lowest BCUT2D eigenvalue weighted by Crippen LogP contribution is -2.40. The van der Waals surface area contributed by atoms with E-state index in [0.717, 1.165) is 14.2 Å². The summed E-state index contributed by atoms with van der Waals surface area (Å²) in [4.78, 5) is 12.5. The summed E-state index contributed by atoms with van der Waals surface area (Å²) in [5, 5.41) is 2.83. The molecule has 0 fully saturated rings. The fraction of sp³-hybridized carbons (Fsp3) is 0.174. The van der Waals surface area contributed by atoms with Gasteiger partial charge in [-0.1, -0.05) is 36.4 Å². The van der Waals surface area contributed by atoms with Crippen LogP contribution in [-0.2, 0) is 16.8 Å². The zero-order valence-corrected chi connectivity index (χ0v) is 18.4. The number of nitrogens with zero attached hydrogens (tertiary/aromatic N) is 2. The van der Waals surface area contributed by atoms with Crippen molar-refractivity contribution in [3.63, 3.8) is 0 Å². The van der Waals surface area contributed by atoms with E-state index in [0.29, 0.717) is 16.8 Å². The van der Waals surface area contributed by atoms with Gasteiger partial charge in [-0.15, -0.1) is 0 Å². The molecule has 3 rings (SSSR count). The molecule has 3 aromatic carbocycles. The number of para-hydroxylation sites is 1. The Morgan fingerprint density at radius 3 is 2.26 bits per heavy atom. The van der Waals surface area contributed by atoms with Crippen LogP contribution in [-0.4, -0.2) is 32.7 Å². The second-order valence-electron chi connectivity index (χ2n) is 7.27. The molecule has 1 amide bonds. The van der Waals surface area contributed by atoms with Gasteiger partial charge in [0.15, 0.2) is 0 Å². The van der Waals surface area contributed by atoms with Gasteiger partial charge in [0.05, 0.1) is 12.2 Å². The molecule has 162 valence electrons. The molecule has 0 bridgehead atoms. The molecule has 0 saturated carbocycles. The number of benzene rings is 3. The predicted molar refractivity (Wildman–Crippen MR) is 121 cm³/mol. The van der Waals surface area contributed by atoms with Gasteiger partial charge in [0.25, 0.3) is 5.91 Å². The number of nitrogens with one attached hydrogen (secondary N) is 1. The highest BCUT2D eigenvalue weighted by atomic mass is 32.2. The summed E-state index contributed by atoms with van der Waals surface area (Å²) >= 11 is 0. The van der Waals surface area contributed by atoms with E-state index < -0.39 is 16.0 Å². The Hall–Kier alpha value is -3.23. The molecule has 0 aliphatic heterocycles. The van der Waals surface area contributed by atoms with Gasteiger partial charge in [-0.2, -0.15) is 12.7 Å². The number of carbonyl (C=O) groups excluding carboxylic acids is 1. The van der Waals surface area contributed by atoms with Gasteiger partial charge in [-0.25, -0.2) is 4.39 Å². The van der Waals surface area contributed by atoms with Gasteiger partial charge >= 0.3 is 10.2 Å². The maximum absolute atomic E-state index is 14.4. The molecule has 0 aliphatic carbocycles. The van der Waals surface area contributed by atoms with E-state index in [1.807, 2.05) is 25.1 Å². The second-order valence-corrected chi connectivity index (χ2v) is 9.34. The Balaban J connectivity index is 1.83. The molecule has 0 atom stereocenters. The first-order chi connectivity index (χ1) is 14.7. The molecule has 0 unspecified atom stereocenters. The van der Waals surface area contributed by atoms with Crippen molar-refractivity contribution in [1.82, 2.24) is 4.31 Å². The normalized spacial score (nSPS) is 11.4. The number of aryl methyl sites for hydroxylation is 1. The minimum atomic E-state index is -3.94. The van der Waals surface area contributed by atoms with Crippen LogP contribution in [0.3, 0.4) is 0 Å². The molecule has 0 aliphatic rings. The van der Waals surface area contributed by atoms with Crippen molar-refractivity contribution < 1.29 is 17.6 Å². The van der Waals surface area contributed by atoms with Crippen molar-refractivity contribution in [2.75, 3.05) is 23.7 Å². The van der Waals surface area contributed by atoms with Gasteiger partial charge in [0.1, 0.15) is 5.82 Å². The van der Waals surface area contributed by atoms with Gasteiger partial charge in [-0.3, -0.25) is 9.10 Å². The molecule has 0 aromatic heterocycles. The van der Waals surface area contributed by atoms with E-state index >= 15 is 0 Å². The second kappa shape index (κ2) is 9.28. The maximum atomic E-state index is 14.4. The van der Waals surface area contributed by atoms with Crippen LogP contribution in [0.5, 0.6) is 0 Å².